The predicted molar refractivity (Wildman–Crippen MR) is 87.8 cm³/mol. The summed E-state index contributed by atoms with van der Waals surface area (Å²) < 4.78 is 5.27. The molecule has 7 atom stereocenters. The van der Waals surface area contributed by atoms with Crippen molar-refractivity contribution in [3.05, 3.63) is 17.5 Å². The molecular formula is C20H29NO2. The molecule has 1 aromatic heterocycles. The average molecular weight is 315 g/mol. The minimum Gasteiger partial charge on any atom is -0.393 e. The fraction of sp³-hybridized carbons (Fsp3) is 0.850. The Morgan fingerprint density at radius 3 is 2.78 bits per heavy atom. The second-order valence-corrected chi connectivity index (χ2v) is 9.46. The Bertz CT molecular complexity index is 625. The number of aromatic nitrogens is 1. The van der Waals surface area contributed by atoms with Crippen molar-refractivity contribution in [3.8, 4) is 0 Å². The van der Waals surface area contributed by atoms with Crippen LogP contribution in [-0.4, -0.2) is 16.4 Å². The summed E-state index contributed by atoms with van der Waals surface area (Å²) in [6.07, 6.45) is 11.6. The van der Waals surface area contributed by atoms with Gasteiger partial charge in [-0.2, -0.15) is 0 Å². The van der Waals surface area contributed by atoms with Gasteiger partial charge in [-0.25, -0.2) is 0 Å². The molecule has 0 spiro atoms. The molecule has 0 amide bonds. The maximum Gasteiger partial charge on any atom is 0.127 e. The fourth-order valence-electron chi connectivity index (χ4n) is 7.35. The molecular weight excluding hydrogens is 286 g/mol. The van der Waals surface area contributed by atoms with Crippen LogP contribution in [0.2, 0.25) is 0 Å². The van der Waals surface area contributed by atoms with Gasteiger partial charge in [0.1, 0.15) is 6.26 Å². The van der Waals surface area contributed by atoms with Gasteiger partial charge in [0, 0.05) is 5.56 Å². The van der Waals surface area contributed by atoms with E-state index >= 15 is 0 Å². The van der Waals surface area contributed by atoms with Crippen molar-refractivity contribution in [1.82, 2.24) is 5.16 Å². The van der Waals surface area contributed by atoms with E-state index in [1.165, 1.54) is 43.4 Å². The lowest BCUT2D eigenvalue weighted by Crippen LogP contribution is -2.54. The third kappa shape index (κ3) is 1.78. The molecule has 126 valence electrons. The largest absolute Gasteiger partial charge is 0.393 e. The molecule has 3 fully saturated rings. The number of hydrogen-bond acceptors (Lipinski definition) is 3. The standard InChI is InChI=1S/C20H29NO2/c1-19-8-7-16-14(15(19)5-6-18(19)22)4-3-13-9-17-12(11-23-21-17)10-20(13,16)2/h11,13-16,18,22H,3-10H2,1-2H3. The Hall–Kier alpha value is -0.830. The number of hydrogen-bond donors (Lipinski definition) is 1. The van der Waals surface area contributed by atoms with Crippen molar-refractivity contribution >= 4 is 0 Å². The maximum absolute atomic E-state index is 10.6. The fourth-order valence-corrected chi connectivity index (χ4v) is 7.35. The van der Waals surface area contributed by atoms with Crippen molar-refractivity contribution in [2.24, 2.45) is 34.5 Å². The number of fused-ring (bicyclic) bond motifs is 6. The first-order chi connectivity index (χ1) is 11.0. The highest BCUT2D eigenvalue weighted by Gasteiger charge is 2.60. The van der Waals surface area contributed by atoms with E-state index in [0.717, 1.165) is 42.9 Å². The Kier molecular flexibility index (Phi) is 2.92. The summed E-state index contributed by atoms with van der Waals surface area (Å²) >= 11 is 0. The van der Waals surface area contributed by atoms with Crippen LogP contribution in [0.25, 0.3) is 0 Å². The smallest absolute Gasteiger partial charge is 0.127 e. The Morgan fingerprint density at radius 1 is 1.09 bits per heavy atom. The van der Waals surface area contributed by atoms with E-state index in [1.807, 2.05) is 6.26 Å². The molecule has 4 aliphatic carbocycles. The SMILES string of the molecule is CC12CCC3C(CCC4Cc5nocc5CC43C)C1CCC2O. The minimum absolute atomic E-state index is 0.0602. The van der Waals surface area contributed by atoms with Crippen LogP contribution in [0.1, 0.15) is 63.6 Å². The molecule has 1 aromatic rings. The van der Waals surface area contributed by atoms with Gasteiger partial charge in [-0.1, -0.05) is 19.0 Å². The molecule has 1 N–H and O–H groups in total. The zero-order chi connectivity index (χ0) is 15.8. The number of aliphatic hydroxyl groups is 1. The van der Waals surface area contributed by atoms with Crippen LogP contribution < -0.4 is 0 Å². The molecule has 0 aromatic carbocycles. The molecule has 0 radical (unpaired) electrons. The summed E-state index contributed by atoms with van der Waals surface area (Å²) in [5, 5.41) is 14.8. The molecule has 1 heterocycles. The van der Waals surface area contributed by atoms with Gasteiger partial charge in [-0.15, -0.1) is 0 Å². The summed E-state index contributed by atoms with van der Waals surface area (Å²) in [6.45, 7) is 4.93. The zero-order valence-electron chi connectivity index (χ0n) is 14.4. The third-order valence-electron chi connectivity index (χ3n) is 8.75. The first-order valence-electron chi connectivity index (χ1n) is 9.62. The normalized spacial score (nSPS) is 51.5. The van der Waals surface area contributed by atoms with E-state index in [1.54, 1.807) is 0 Å². The molecule has 0 bridgehead atoms. The summed E-state index contributed by atoms with van der Waals surface area (Å²) in [5.41, 5.74) is 3.20. The lowest BCUT2D eigenvalue weighted by Gasteiger charge is -2.59. The Morgan fingerprint density at radius 2 is 1.91 bits per heavy atom. The van der Waals surface area contributed by atoms with E-state index in [9.17, 15) is 5.11 Å². The first-order valence-corrected chi connectivity index (χ1v) is 9.62. The van der Waals surface area contributed by atoms with Crippen LogP contribution in [0, 0.1) is 34.5 Å². The molecule has 0 aliphatic heterocycles. The monoisotopic (exact) mass is 315 g/mol. The van der Waals surface area contributed by atoms with Gasteiger partial charge in [0.2, 0.25) is 0 Å². The lowest BCUT2D eigenvalue weighted by molar-refractivity contribution is -0.111. The van der Waals surface area contributed by atoms with Crippen LogP contribution >= 0.6 is 0 Å². The van der Waals surface area contributed by atoms with Crippen molar-refractivity contribution in [3.63, 3.8) is 0 Å². The molecule has 3 nitrogen and oxygen atoms in total. The van der Waals surface area contributed by atoms with E-state index in [4.69, 9.17) is 4.52 Å². The lowest BCUT2D eigenvalue weighted by atomic mass is 9.45. The molecule has 3 heteroatoms. The van der Waals surface area contributed by atoms with Crippen molar-refractivity contribution in [2.45, 2.75) is 71.3 Å². The van der Waals surface area contributed by atoms with Crippen LogP contribution in [0.15, 0.2) is 10.8 Å². The van der Waals surface area contributed by atoms with Crippen LogP contribution in [-0.2, 0) is 12.8 Å². The Balaban J connectivity index is 1.50. The highest BCUT2D eigenvalue weighted by molar-refractivity contribution is 5.24. The highest BCUT2D eigenvalue weighted by atomic mass is 16.5. The second-order valence-electron chi connectivity index (χ2n) is 9.46. The Labute approximate surface area is 138 Å². The van der Waals surface area contributed by atoms with Gasteiger partial charge in [-0.05, 0) is 85.9 Å². The van der Waals surface area contributed by atoms with Crippen LogP contribution in [0.3, 0.4) is 0 Å². The minimum atomic E-state index is -0.0602. The van der Waals surface area contributed by atoms with Gasteiger partial charge < -0.3 is 9.63 Å². The molecule has 0 saturated heterocycles. The predicted octanol–water partition coefficient (Wildman–Crippen LogP) is 3.99. The van der Waals surface area contributed by atoms with Crippen molar-refractivity contribution in [1.29, 1.82) is 0 Å². The first kappa shape index (κ1) is 14.5. The van der Waals surface area contributed by atoms with E-state index in [-0.39, 0.29) is 11.5 Å². The highest BCUT2D eigenvalue weighted by Crippen LogP contribution is 2.65. The van der Waals surface area contributed by atoms with Crippen molar-refractivity contribution < 1.29 is 9.63 Å². The molecule has 5 rings (SSSR count). The van der Waals surface area contributed by atoms with Crippen molar-refractivity contribution in [2.75, 3.05) is 0 Å². The topological polar surface area (TPSA) is 46.3 Å². The summed E-state index contributed by atoms with van der Waals surface area (Å²) in [7, 11) is 0. The van der Waals surface area contributed by atoms with E-state index < -0.39 is 0 Å². The summed E-state index contributed by atoms with van der Waals surface area (Å²) in [6, 6.07) is 0. The van der Waals surface area contributed by atoms with Gasteiger partial charge in [0.15, 0.2) is 0 Å². The van der Waals surface area contributed by atoms with Gasteiger partial charge in [0.25, 0.3) is 0 Å². The van der Waals surface area contributed by atoms with Gasteiger partial charge in [0.05, 0.1) is 11.8 Å². The van der Waals surface area contributed by atoms with E-state index in [0.29, 0.717) is 5.41 Å². The summed E-state index contributed by atoms with van der Waals surface area (Å²) in [4.78, 5) is 0. The molecule has 7 unspecified atom stereocenters. The van der Waals surface area contributed by atoms with Gasteiger partial charge >= 0.3 is 0 Å². The number of aliphatic hydroxyl groups excluding tert-OH is 1. The molecule has 3 saturated carbocycles. The summed E-state index contributed by atoms with van der Waals surface area (Å²) in [5.74, 6) is 3.18. The third-order valence-corrected chi connectivity index (χ3v) is 8.75. The van der Waals surface area contributed by atoms with Gasteiger partial charge in [-0.3, -0.25) is 0 Å². The van der Waals surface area contributed by atoms with Crippen LogP contribution in [0.5, 0.6) is 0 Å². The molecule has 4 aliphatic rings. The van der Waals surface area contributed by atoms with E-state index in [2.05, 4.69) is 19.0 Å². The average Bonchev–Trinajstić information content (AvgIpc) is 3.08. The quantitative estimate of drug-likeness (QED) is 0.787. The maximum atomic E-state index is 10.6. The number of nitrogens with zero attached hydrogens (tertiary/aromatic N) is 1. The van der Waals surface area contributed by atoms with Crippen LogP contribution in [0.4, 0.5) is 0 Å². The second kappa shape index (κ2) is 4.62. The number of rotatable bonds is 0. The zero-order valence-corrected chi connectivity index (χ0v) is 14.4. The molecule has 23 heavy (non-hydrogen) atoms.